The Bertz CT molecular complexity index is 1370. The molecule has 3 aromatic rings. The molecule has 1 aliphatic carbocycles. The fraction of sp³-hybridized carbons (Fsp3) is 0.200. The maximum Gasteiger partial charge on any atom is 0.261 e. The summed E-state index contributed by atoms with van der Waals surface area (Å²) >= 11 is 12.5. The molecular weight excluding hydrogens is 482 g/mol. The van der Waals surface area contributed by atoms with E-state index in [9.17, 15) is 12.8 Å². The van der Waals surface area contributed by atoms with E-state index in [1.807, 2.05) is 0 Å². The van der Waals surface area contributed by atoms with E-state index in [1.54, 1.807) is 55.5 Å². The Morgan fingerprint density at radius 2 is 1.82 bits per heavy atom. The summed E-state index contributed by atoms with van der Waals surface area (Å²) in [5.74, 6) is -0.382. The molecule has 0 saturated heterocycles. The molecule has 8 heteroatoms. The number of nitrogens with one attached hydrogen (secondary N) is 2. The van der Waals surface area contributed by atoms with Crippen LogP contribution in [-0.2, 0) is 10.0 Å². The highest BCUT2D eigenvalue weighted by Gasteiger charge is 2.40. The van der Waals surface area contributed by atoms with Crippen LogP contribution in [0, 0.1) is 18.7 Å². The number of hydrogen-bond acceptors (Lipinski definition) is 3. The van der Waals surface area contributed by atoms with Gasteiger partial charge >= 0.3 is 0 Å². The second-order valence-corrected chi connectivity index (χ2v) is 10.9. The number of fused-ring (bicyclic) bond motifs is 3. The number of benzene rings is 3. The molecule has 4 nitrogen and oxygen atoms in total. The van der Waals surface area contributed by atoms with Crippen LogP contribution in [0.1, 0.15) is 35.1 Å². The zero-order valence-corrected chi connectivity index (χ0v) is 20.0. The van der Waals surface area contributed by atoms with Gasteiger partial charge in [0.1, 0.15) is 5.82 Å². The Hall–Kier alpha value is -2.54. The van der Waals surface area contributed by atoms with Crippen molar-refractivity contribution in [3.8, 4) is 0 Å². The summed E-state index contributed by atoms with van der Waals surface area (Å²) in [5, 5.41) is 4.28. The Balaban J connectivity index is 1.53. The summed E-state index contributed by atoms with van der Waals surface area (Å²) in [6, 6.07) is 14.4. The molecule has 0 fully saturated rings. The first kappa shape index (κ1) is 22.3. The molecule has 0 unspecified atom stereocenters. The molecule has 170 valence electrons. The Morgan fingerprint density at radius 1 is 1.06 bits per heavy atom. The number of sulfonamides is 1. The summed E-state index contributed by atoms with van der Waals surface area (Å²) < 4.78 is 43.7. The van der Waals surface area contributed by atoms with E-state index in [2.05, 4.69) is 22.2 Å². The molecule has 0 bridgehead atoms. The van der Waals surface area contributed by atoms with Crippen molar-refractivity contribution < 1.29 is 12.8 Å². The van der Waals surface area contributed by atoms with Crippen LogP contribution in [0.4, 0.5) is 15.8 Å². The molecule has 0 amide bonds. The minimum absolute atomic E-state index is 0.0213. The molecule has 2 N–H and O–H groups in total. The van der Waals surface area contributed by atoms with Crippen LogP contribution in [0.3, 0.4) is 0 Å². The summed E-state index contributed by atoms with van der Waals surface area (Å²) in [6.45, 7) is 1.76. The van der Waals surface area contributed by atoms with Crippen molar-refractivity contribution in [2.45, 2.75) is 30.2 Å². The summed E-state index contributed by atoms with van der Waals surface area (Å²) in [6.07, 6.45) is 4.86. The molecule has 3 atom stereocenters. The quantitative estimate of drug-likeness (QED) is 0.375. The van der Waals surface area contributed by atoms with Crippen LogP contribution >= 0.6 is 23.2 Å². The largest absolute Gasteiger partial charge is 0.378 e. The molecular formula is C25H21Cl2FN2O2S. The van der Waals surface area contributed by atoms with E-state index in [0.717, 1.165) is 17.7 Å². The van der Waals surface area contributed by atoms with Gasteiger partial charge in [-0.2, -0.15) is 0 Å². The minimum atomic E-state index is -3.84. The van der Waals surface area contributed by atoms with Gasteiger partial charge in [-0.05, 0) is 72.9 Å². The Morgan fingerprint density at radius 3 is 2.61 bits per heavy atom. The van der Waals surface area contributed by atoms with Crippen molar-refractivity contribution in [2.75, 3.05) is 10.0 Å². The molecule has 3 aromatic carbocycles. The van der Waals surface area contributed by atoms with Gasteiger partial charge in [0.2, 0.25) is 0 Å². The van der Waals surface area contributed by atoms with E-state index >= 15 is 0 Å². The van der Waals surface area contributed by atoms with Crippen LogP contribution in [0.5, 0.6) is 0 Å². The smallest absolute Gasteiger partial charge is 0.261 e. The maximum atomic E-state index is 14.7. The lowest BCUT2D eigenvalue weighted by atomic mass is 9.77. The minimum Gasteiger partial charge on any atom is -0.378 e. The molecule has 5 rings (SSSR count). The van der Waals surface area contributed by atoms with E-state index in [-0.39, 0.29) is 28.6 Å². The van der Waals surface area contributed by atoms with Gasteiger partial charge in [-0.15, -0.1) is 0 Å². The zero-order valence-electron chi connectivity index (χ0n) is 17.6. The van der Waals surface area contributed by atoms with Crippen molar-refractivity contribution in [1.29, 1.82) is 0 Å². The van der Waals surface area contributed by atoms with Crippen LogP contribution in [0.25, 0.3) is 0 Å². The highest BCUT2D eigenvalue weighted by atomic mass is 35.5. The topological polar surface area (TPSA) is 58.2 Å². The molecule has 1 aliphatic heterocycles. The van der Waals surface area contributed by atoms with Crippen molar-refractivity contribution in [1.82, 2.24) is 0 Å². The molecule has 0 radical (unpaired) electrons. The fourth-order valence-electron chi connectivity index (χ4n) is 4.75. The van der Waals surface area contributed by atoms with Gasteiger partial charge in [0.25, 0.3) is 10.0 Å². The van der Waals surface area contributed by atoms with Crippen molar-refractivity contribution in [2.24, 2.45) is 5.92 Å². The lowest BCUT2D eigenvalue weighted by molar-refractivity contribution is 0.413. The maximum absolute atomic E-state index is 14.7. The van der Waals surface area contributed by atoms with Crippen LogP contribution < -0.4 is 10.0 Å². The van der Waals surface area contributed by atoms with Gasteiger partial charge in [-0.1, -0.05) is 47.5 Å². The fourth-order valence-corrected chi connectivity index (χ4v) is 6.37. The third-order valence-corrected chi connectivity index (χ3v) is 8.57. The van der Waals surface area contributed by atoms with Gasteiger partial charge in [-0.25, -0.2) is 12.8 Å². The second-order valence-electron chi connectivity index (χ2n) is 8.38. The van der Waals surface area contributed by atoms with Crippen LogP contribution in [-0.4, -0.2) is 8.42 Å². The van der Waals surface area contributed by atoms with Crippen LogP contribution in [0.2, 0.25) is 10.0 Å². The van der Waals surface area contributed by atoms with E-state index in [4.69, 9.17) is 23.2 Å². The number of anilines is 2. The SMILES string of the molecule is Cc1c(Cl)cccc1NS(=O)(=O)c1ccc2c(c1)[C@H]1C=CC[C@H]1[C@@H](c1c(F)cccc1Cl)N2. The van der Waals surface area contributed by atoms with Crippen molar-refractivity contribution in [3.05, 3.63) is 99.3 Å². The average Bonchev–Trinajstić information content (AvgIpc) is 3.27. The van der Waals surface area contributed by atoms with Crippen molar-refractivity contribution >= 4 is 44.6 Å². The Kier molecular flexibility index (Phi) is 5.63. The lowest BCUT2D eigenvalue weighted by Crippen LogP contribution is -2.30. The highest BCUT2D eigenvalue weighted by molar-refractivity contribution is 7.92. The van der Waals surface area contributed by atoms with Gasteiger partial charge < -0.3 is 5.32 Å². The summed E-state index contributed by atoms with van der Waals surface area (Å²) in [4.78, 5) is 0.156. The first-order valence-corrected chi connectivity index (χ1v) is 12.8. The third-order valence-electron chi connectivity index (χ3n) is 6.47. The van der Waals surface area contributed by atoms with E-state index in [1.165, 1.54) is 6.07 Å². The number of hydrogen-bond donors (Lipinski definition) is 2. The first-order valence-electron chi connectivity index (χ1n) is 10.6. The third kappa shape index (κ3) is 3.90. The predicted octanol–water partition coefficient (Wildman–Crippen LogP) is 7.07. The van der Waals surface area contributed by atoms with E-state index < -0.39 is 10.0 Å². The summed E-state index contributed by atoms with van der Waals surface area (Å²) in [5.41, 5.74) is 3.17. The second kappa shape index (κ2) is 8.35. The van der Waals surface area contributed by atoms with Gasteiger partial charge in [0.15, 0.2) is 0 Å². The molecule has 0 spiro atoms. The molecule has 2 aliphatic rings. The average molecular weight is 503 g/mol. The van der Waals surface area contributed by atoms with Gasteiger partial charge in [-0.3, -0.25) is 4.72 Å². The highest BCUT2D eigenvalue weighted by Crippen LogP contribution is 2.51. The molecule has 33 heavy (non-hydrogen) atoms. The molecule has 0 saturated carbocycles. The van der Waals surface area contributed by atoms with Gasteiger partial charge in [0.05, 0.1) is 16.6 Å². The van der Waals surface area contributed by atoms with E-state index in [0.29, 0.717) is 26.9 Å². The number of allylic oxidation sites excluding steroid dienone is 2. The monoisotopic (exact) mass is 502 g/mol. The molecule has 0 aromatic heterocycles. The zero-order chi connectivity index (χ0) is 23.3. The van der Waals surface area contributed by atoms with Crippen LogP contribution in [0.15, 0.2) is 71.6 Å². The first-order chi connectivity index (χ1) is 15.8. The number of rotatable bonds is 4. The predicted molar refractivity (Wildman–Crippen MR) is 131 cm³/mol. The normalized spacial score (nSPS) is 21.3. The number of halogens is 3. The van der Waals surface area contributed by atoms with Crippen molar-refractivity contribution in [3.63, 3.8) is 0 Å². The molecule has 1 heterocycles. The standard InChI is InChI=1S/C25H21Cl2FN2O2S/c1-14-19(26)7-4-10-22(14)30-33(31,32)15-11-12-23-18(13-15)16-5-2-6-17(16)25(29-23)24-20(27)8-3-9-21(24)28/h2-5,7-13,16-17,25,29-30H,6H2,1H3/t16-,17+,25-/m0/s1. The lowest BCUT2D eigenvalue weighted by Gasteiger charge is -2.38. The van der Waals surface area contributed by atoms with Gasteiger partial charge in [0, 0.05) is 27.2 Å². The summed E-state index contributed by atoms with van der Waals surface area (Å²) in [7, 11) is -3.84. The Labute approximate surface area is 202 Å².